The first-order valence-electron chi connectivity index (χ1n) is 5.42. The number of benzene rings is 1. The number of nitrogens with one attached hydrogen (secondary N) is 1. The fourth-order valence-corrected chi connectivity index (χ4v) is 3.87. The van der Waals surface area contributed by atoms with E-state index in [1.165, 1.54) is 24.3 Å². The second kappa shape index (κ2) is 5.32. The summed E-state index contributed by atoms with van der Waals surface area (Å²) in [6, 6.07) is 4.13. The highest BCUT2D eigenvalue weighted by molar-refractivity contribution is 8.14. The van der Waals surface area contributed by atoms with Gasteiger partial charge in [-0.25, -0.2) is 13.2 Å². The lowest BCUT2D eigenvalue weighted by atomic mass is 10.2. The van der Waals surface area contributed by atoms with Gasteiger partial charge in [0.05, 0.1) is 16.5 Å². The standard InChI is InChI=1S/C11H11NO5S2/c13-10(14)7-1-3-8(4-2-7)19(16,17)12-9-5-6-18-11(9)15/h1-4,9,12H,5-6H2,(H,13,14). The third-order valence-corrected chi connectivity index (χ3v) is 5.14. The van der Waals surface area contributed by atoms with Gasteiger partial charge in [-0.1, -0.05) is 11.8 Å². The number of hydrogen-bond acceptors (Lipinski definition) is 5. The summed E-state index contributed by atoms with van der Waals surface area (Å²) < 4.78 is 26.3. The van der Waals surface area contributed by atoms with Crippen molar-refractivity contribution >= 4 is 32.9 Å². The lowest BCUT2D eigenvalue weighted by Crippen LogP contribution is -2.37. The van der Waals surface area contributed by atoms with E-state index in [1.807, 2.05) is 0 Å². The largest absolute Gasteiger partial charge is 0.478 e. The summed E-state index contributed by atoms with van der Waals surface area (Å²) >= 11 is 1.10. The number of rotatable bonds is 4. The highest BCUT2D eigenvalue weighted by Gasteiger charge is 2.30. The monoisotopic (exact) mass is 301 g/mol. The Morgan fingerprint density at radius 2 is 1.95 bits per heavy atom. The SMILES string of the molecule is O=C(O)c1ccc(S(=O)(=O)NC2CCSC2=O)cc1. The molecule has 1 aromatic carbocycles. The van der Waals surface area contributed by atoms with Crippen LogP contribution in [0, 0.1) is 0 Å². The second-order valence-electron chi connectivity index (χ2n) is 3.96. The summed E-state index contributed by atoms with van der Waals surface area (Å²) in [7, 11) is -3.80. The molecule has 1 heterocycles. The Morgan fingerprint density at radius 3 is 2.42 bits per heavy atom. The van der Waals surface area contributed by atoms with Crippen LogP contribution in [0.3, 0.4) is 0 Å². The smallest absolute Gasteiger partial charge is 0.335 e. The molecule has 6 nitrogen and oxygen atoms in total. The zero-order valence-corrected chi connectivity index (χ0v) is 11.3. The summed E-state index contributed by atoms with van der Waals surface area (Å²) in [5.41, 5.74) is 0.00597. The van der Waals surface area contributed by atoms with Crippen molar-refractivity contribution in [2.45, 2.75) is 17.4 Å². The molecule has 0 saturated carbocycles. The number of carbonyl (C=O) groups is 2. The van der Waals surface area contributed by atoms with E-state index in [9.17, 15) is 18.0 Å². The Kier molecular flexibility index (Phi) is 3.93. The number of carboxylic acids is 1. The van der Waals surface area contributed by atoms with Gasteiger partial charge in [0.25, 0.3) is 0 Å². The molecule has 0 amide bonds. The van der Waals surface area contributed by atoms with E-state index in [2.05, 4.69) is 4.72 Å². The van der Waals surface area contributed by atoms with E-state index in [4.69, 9.17) is 5.11 Å². The molecule has 0 aromatic heterocycles. The first-order chi connectivity index (χ1) is 8.90. The van der Waals surface area contributed by atoms with E-state index in [0.717, 1.165) is 11.8 Å². The summed E-state index contributed by atoms with van der Waals surface area (Å²) in [5, 5.41) is 8.54. The van der Waals surface area contributed by atoms with Crippen molar-refractivity contribution < 1.29 is 23.1 Å². The first kappa shape index (κ1) is 14.0. The molecular weight excluding hydrogens is 290 g/mol. The fourth-order valence-electron chi connectivity index (χ4n) is 1.63. The molecule has 1 aliphatic rings. The zero-order chi connectivity index (χ0) is 14.0. The fraction of sp³-hybridized carbons (Fsp3) is 0.273. The van der Waals surface area contributed by atoms with Gasteiger partial charge in [0.15, 0.2) is 0 Å². The predicted molar refractivity (Wildman–Crippen MR) is 69.6 cm³/mol. The second-order valence-corrected chi connectivity index (χ2v) is 6.77. The Bertz CT molecular complexity index is 608. The lowest BCUT2D eigenvalue weighted by Gasteiger charge is -2.11. The van der Waals surface area contributed by atoms with Crippen LogP contribution in [0.5, 0.6) is 0 Å². The van der Waals surface area contributed by atoms with Gasteiger partial charge >= 0.3 is 5.97 Å². The van der Waals surface area contributed by atoms with Crippen molar-refractivity contribution in [2.24, 2.45) is 0 Å². The number of aromatic carboxylic acids is 1. The minimum Gasteiger partial charge on any atom is -0.478 e. The van der Waals surface area contributed by atoms with Gasteiger partial charge in [0.1, 0.15) is 0 Å². The predicted octanol–water partition coefficient (Wildman–Crippen LogP) is 0.695. The molecule has 1 aliphatic heterocycles. The van der Waals surface area contributed by atoms with Crippen molar-refractivity contribution in [3.63, 3.8) is 0 Å². The lowest BCUT2D eigenvalue weighted by molar-refractivity contribution is -0.111. The average molecular weight is 301 g/mol. The van der Waals surface area contributed by atoms with Gasteiger partial charge in [0, 0.05) is 5.75 Å². The third-order valence-electron chi connectivity index (χ3n) is 2.64. The third kappa shape index (κ3) is 3.14. The maximum absolute atomic E-state index is 12.0. The van der Waals surface area contributed by atoms with Crippen molar-refractivity contribution in [3.8, 4) is 0 Å². The van der Waals surface area contributed by atoms with Crippen molar-refractivity contribution in [1.82, 2.24) is 4.72 Å². The maximum atomic E-state index is 12.0. The maximum Gasteiger partial charge on any atom is 0.335 e. The molecule has 1 unspecified atom stereocenters. The molecule has 0 spiro atoms. The van der Waals surface area contributed by atoms with Gasteiger partial charge in [-0.3, -0.25) is 4.79 Å². The van der Waals surface area contributed by atoms with Crippen LogP contribution in [0.4, 0.5) is 0 Å². The highest BCUT2D eigenvalue weighted by Crippen LogP contribution is 2.21. The van der Waals surface area contributed by atoms with Crippen LogP contribution in [-0.2, 0) is 14.8 Å². The molecule has 1 fully saturated rings. The quantitative estimate of drug-likeness (QED) is 0.849. The van der Waals surface area contributed by atoms with E-state index < -0.39 is 22.0 Å². The molecule has 0 radical (unpaired) electrons. The van der Waals surface area contributed by atoms with Crippen molar-refractivity contribution in [3.05, 3.63) is 29.8 Å². The Labute approximate surface area is 114 Å². The number of sulfonamides is 1. The summed E-state index contributed by atoms with van der Waals surface area (Å²) in [5.74, 6) is -0.525. The van der Waals surface area contributed by atoms with E-state index in [0.29, 0.717) is 12.2 Å². The zero-order valence-electron chi connectivity index (χ0n) is 9.70. The number of carboxylic acid groups (broad SMARTS) is 1. The van der Waals surface area contributed by atoms with Gasteiger partial charge in [-0.05, 0) is 30.7 Å². The summed E-state index contributed by atoms with van der Waals surface area (Å²) in [6.45, 7) is 0. The van der Waals surface area contributed by atoms with Gasteiger partial charge < -0.3 is 5.11 Å². The molecular formula is C11H11NO5S2. The van der Waals surface area contributed by atoms with Gasteiger partial charge in [-0.15, -0.1) is 0 Å². The first-order valence-corrected chi connectivity index (χ1v) is 7.89. The molecule has 2 N–H and O–H groups in total. The Hall–Kier alpha value is -1.38. The topological polar surface area (TPSA) is 101 Å². The molecule has 1 saturated heterocycles. The normalized spacial score (nSPS) is 19.6. The number of hydrogen-bond donors (Lipinski definition) is 2. The molecule has 0 aliphatic carbocycles. The molecule has 1 aromatic rings. The van der Waals surface area contributed by atoms with Crippen LogP contribution >= 0.6 is 11.8 Å². The van der Waals surface area contributed by atoms with E-state index in [1.54, 1.807) is 0 Å². The minimum absolute atomic E-state index is 0.00597. The highest BCUT2D eigenvalue weighted by atomic mass is 32.2. The molecule has 19 heavy (non-hydrogen) atoms. The molecule has 1 atom stereocenters. The Morgan fingerprint density at radius 1 is 1.32 bits per heavy atom. The minimum atomic E-state index is -3.80. The van der Waals surface area contributed by atoms with Crippen LogP contribution in [0.1, 0.15) is 16.8 Å². The van der Waals surface area contributed by atoms with Crippen LogP contribution in [0.2, 0.25) is 0 Å². The summed E-state index contributed by atoms with van der Waals surface area (Å²) in [6.07, 6.45) is 0.468. The van der Waals surface area contributed by atoms with Crippen LogP contribution < -0.4 is 4.72 Å². The van der Waals surface area contributed by atoms with Crippen LogP contribution in [0.25, 0.3) is 0 Å². The van der Waals surface area contributed by atoms with Crippen LogP contribution in [-0.4, -0.2) is 36.4 Å². The van der Waals surface area contributed by atoms with E-state index >= 15 is 0 Å². The van der Waals surface area contributed by atoms with Crippen molar-refractivity contribution in [2.75, 3.05) is 5.75 Å². The van der Waals surface area contributed by atoms with Gasteiger partial charge in [0.2, 0.25) is 15.1 Å². The van der Waals surface area contributed by atoms with E-state index in [-0.39, 0.29) is 15.6 Å². The van der Waals surface area contributed by atoms with Crippen molar-refractivity contribution in [1.29, 1.82) is 0 Å². The van der Waals surface area contributed by atoms with Gasteiger partial charge in [-0.2, -0.15) is 4.72 Å². The van der Waals surface area contributed by atoms with Crippen LogP contribution in [0.15, 0.2) is 29.2 Å². The Balaban J connectivity index is 2.19. The number of thioether (sulfide) groups is 1. The number of carbonyl (C=O) groups excluding carboxylic acids is 1. The molecule has 8 heteroatoms. The summed E-state index contributed by atoms with van der Waals surface area (Å²) in [4.78, 5) is 22.0. The molecule has 2 rings (SSSR count). The average Bonchev–Trinajstić information content (AvgIpc) is 2.74. The molecule has 0 bridgehead atoms. The molecule has 102 valence electrons.